The maximum absolute atomic E-state index is 11.6. The molecule has 0 spiro atoms. The molecule has 1 atom stereocenters. The molecule has 0 bridgehead atoms. The number of rotatable bonds is 6. The van der Waals surface area contributed by atoms with E-state index in [1.165, 1.54) is 0 Å². The van der Waals surface area contributed by atoms with Crippen LogP contribution < -0.4 is 4.74 Å². The van der Waals surface area contributed by atoms with Gasteiger partial charge >= 0.3 is 0 Å². The molecule has 0 N–H and O–H groups in total. The third-order valence-electron chi connectivity index (χ3n) is 3.73. The van der Waals surface area contributed by atoms with E-state index in [4.69, 9.17) is 4.74 Å². The van der Waals surface area contributed by atoms with Crippen LogP contribution in [0.5, 0.6) is 5.75 Å². The Hall–Kier alpha value is -1.35. The predicted octanol–water partition coefficient (Wildman–Crippen LogP) is 2.76. The summed E-state index contributed by atoms with van der Waals surface area (Å²) in [5.74, 6) is 1.63. The molecule has 1 fully saturated rings. The topological polar surface area (TPSA) is 29.5 Å². The summed E-state index contributed by atoms with van der Waals surface area (Å²) >= 11 is 0. The Morgan fingerprint density at radius 2 is 2.11 bits per heavy atom. The van der Waals surface area contributed by atoms with Crippen LogP contribution in [0.4, 0.5) is 0 Å². The first kappa shape index (κ1) is 14.1. The minimum absolute atomic E-state index is 0.254. The van der Waals surface area contributed by atoms with Gasteiger partial charge in [0.15, 0.2) is 0 Å². The van der Waals surface area contributed by atoms with E-state index in [1.807, 2.05) is 30.3 Å². The molecule has 0 aromatic heterocycles. The van der Waals surface area contributed by atoms with E-state index in [2.05, 4.69) is 11.8 Å². The van der Waals surface area contributed by atoms with Gasteiger partial charge in [-0.15, -0.1) is 0 Å². The normalized spacial score (nSPS) is 20.5. The molecule has 0 radical (unpaired) electrons. The molecule has 3 heteroatoms. The molecule has 0 amide bonds. The van der Waals surface area contributed by atoms with Crippen LogP contribution in [0, 0.1) is 5.92 Å². The molecule has 1 heterocycles. The highest BCUT2D eigenvalue weighted by atomic mass is 16.5. The maximum atomic E-state index is 11.6. The smallest absolute Gasteiger partial charge is 0.138 e. The van der Waals surface area contributed by atoms with E-state index in [9.17, 15) is 4.79 Å². The zero-order valence-corrected chi connectivity index (χ0v) is 11.7. The zero-order valence-electron chi connectivity index (χ0n) is 11.7. The first-order chi connectivity index (χ1) is 9.29. The third-order valence-corrected chi connectivity index (χ3v) is 3.73. The Morgan fingerprint density at radius 3 is 2.84 bits per heavy atom. The minimum Gasteiger partial charge on any atom is -0.494 e. The first-order valence-corrected chi connectivity index (χ1v) is 7.22. The largest absolute Gasteiger partial charge is 0.494 e. The van der Waals surface area contributed by atoms with E-state index in [-0.39, 0.29) is 5.92 Å². The summed E-state index contributed by atoms with van der Waals surface area (Å²) < 4.78 is 5.68. The van der Waals surface area contributed by atoms with Crippen LogP contribution in [0.1, 0.15) is 26.2 Å². The highest BCUT2D eigenvalue weighted by Gasteiger charge is 2.24. The van der Waals surface area contributed by atoms with Crippen molar-refractivity contribution in [3.63, 3.8) is 0 Å². The lowest BCUT2D eigenvalue weighted by atomic mass is 9.94. The molecule has 1 saturated heterocycles. The number of carbonyl (C=O) groups is 1. The number of benzene rings is 1. The summed E-state index contributed by atoms with van der Waals surface area (Å²) in [6.07, 6.45) is 2.70. The van der Waals surface area contributed by atoms with Crippen LogP contribution in [0.15, 0.2) is 30.3 Å². The number of nitrogens with zero attached hydrogens (tertiary/aromatic N) is 1. The second-order valence-corrected chi connectivity index (χ2v) is 5.14. The van der Waals surface area contributed by atoms with Gasteiger partial charge < -0.3 is 9.64 Å². The second kappa shape index (κ2) is 7.29. The van der Waals surface area contributed by atoms with E-state index < -0.39 is 0 Å². The molecule has 19 heavy (non-hydrogen) atoms. The van der Waals surface area contributed by atoms with Crippen molar-refractivity contribution in [2.75, 3.05) is 26.2 Å². The lowest BCUT2D eigenvalue weighted by Gasteiger charge is -2.31. The standard InChI is InChI=1S/C16H23NO2/c1-2-14-13-17(11-9-16(14)18)10-6-12-19-15-7-4-3-5-8-15/h3-5,7-8,14H,2,6,9-13H2,1H3. The summed E-state index contributed by atoms with van der Waals surface area (Å²) in [6, 6.07) is 9.91. The Labute approximate surface area is 115 Å². The molecule has 3 nitrogen and oxygen atoms in total. The van der Waals surface area contributed by atoms with Crippen molar-refractivity contribution in [3.8, 4) is 5.75 Å². The number of carbonyl (C=O) groups excluding carboxylic acids is 1. The van der Waals surface area contributed by atoms with Crippen molar-refractivity contribution in [2.45, 2.75) is 26.2 Å². The first-order valence-electron chi connectivity index (χ1n) is 7.22. The molecular weight excluding hydrogens is 238 g/mol. The summed E-state index contributed by atoms with van der Waals surface area (Å²) in [6.45, 7) is 5.72. The average molecular weight is 261 g/mol. The highest BCUT2D eigenvalue weighted by Crippen LogP contribution is 2.16. The van der Waals surface area contributed by atoms with Crippen LogP contribution in [0.2, 0.25) is 0 Å². The van der Waals surface area contributed by atoms with Gasteiger partial charge in [-0.3, -0.25) is 4.79 Å². The number of Topliss-reactive ketones (excluding diaryl/α,β-unsaturated/α-hetero) is 1. The number of hydrogen-bond acceptors (Lipinski definition) is 3. The fourth-order valence-corrected chi connectivity index (χ4v) is 2.53. The Kier molecular flexibility index (Phi) is 5.40. The van der Waals surface area contributed by atoms with Crippen molar-refractivity contribution in [2.24, 2.45) is 5.92 Å². The quantitative estimate of drug-likeness (QED) is 0.737. The van der Waals surface area contributed by atoms with E-state index in [0.29, 0.717) is 5.78 Å². The van der Waals surface area contributed by atoms with Gasteiger partial charge in [-0.2, -0.15) is 0 Å². The molecule has 1 aromatic carbocycles. The van der Waals surface area contributed by atoms with Gasteiger partial charge in [0, 0.05) is 32.0 Å². The van der Waals surface area contributed by atoms with E-state index in [0.717, 1.165) is 51.3 Å². The van der Waals surface area contributed by atoms with Gasteiger partial charge in [0.2, 0.25) is 0 Å². The molecule has 1 unspecified atom stereocenters. The van der Waals surface area contributed by atoms with Crippen LogP contribution in [0.25, 0.3) is 0 Å². The number of likely N-dealkylation sites (tertiary alicyclic amines) is 1. The third kappa shape index (κ3) is 4.35. The molecule has 1 aromatic rings. The Morgan fingerprint density at radius 1 is 1.32 bits per heavy atom. The molecule has 1 aliphatic heterocycles. The Bertz CT molecular complexity index is 391. The van der Waals surface area contributed by atoms with Crippen molar-refractivity contribution in [3.05, 3.63) is 30.3 Å². The van der Waals surface area contributed by atoms with Crippen LogP contribution in [0.3, 0.4) is 0 Å². The van der Waals surface area contributed by atoms with Crippen molar-refractivity contribution >= 4 is 5.78 Å². The van der Waals surface area contributed by atoms with Gasteiger partial charge in [0.25, 0.3) is 0 Å². The van der Waals surface area contributed by atoms with Gasteiger partial charge in [0.05, 0.1) is 6.61 Å². The van der Waals surface area contributed by atoms with Gasteiger partial charge in [-0.25, -0.2) is 0 Å². The van der Waals surface area contributed by atoms with Gasteiger partial charge in [-0.05, 0) is 25.0 Å². The van der Waals surface area contributed by atoms with Crippen LogP contribution in [-0.2, 0) is 4.79 Å². The summed E-state index contributed by atoms with van der Waals surface area (Å²) in [7, 11) is 0. The number of ketones is 1. The lowest BCUT2D eigenvalue weighted by molar-refractivity contribution is -0.126. The van der Waals surface area contributed by atoms with Crippen LogP contribution in [-0.4, -0.2) is 36.9 Å². The molecule has 0 aliphatic carbocycles. The summed E-state index contributed by atoms with van der Waals surface area (Å²) in [5, 5.41) is 0. The zero-order chi connectivity index (χ0) is 13.5. The molecule has 1 aliphatic rings. The number of hydrogen-bond donors (Lipinski definition) is 0. The number of para-hydroxylation sites is 1. The fraction of sp³-hybridized carbons (Fsp3) is 0.562. The molecule has 2 rings (SSSR count). The van der Waals surface area contributed by atoms with E-state index in [1.54, 1.807) is 0 Å². The predicted molar refractivity (Wildman–Crippen MR) is 76.4 cm³/mol. The van der Waals surface area contributed by atoms with Crippen LogP contribution >= 0.6 is 0 Å². The van der Waals surface area contributed by atoms with Crippen molar-refractivity contribution in [1.29, 1.82) is 0 Å². The average Bonchev–Trinajstić information content (AvgIpc) is 2.46. The molecule has 0 saturated carbocycles. The maximum Gasteiger partial charge on any atom is 0.138 e. The SMILES string of the molecule is CCC1CN(CCCOc2ccccc2)CCC1=O. The van der Waals surface area contributed by atoms with Crippen molar-refractivity contribution in [1.82, 2.24) is 4.90 Å². The number of ether oxygens (including phenoxy) is 1. The lowest BCUT2D eigenvalue weighted by Crippen LogP contribution is -2.41. The van der Waals surface area contributed by atoms with Crippen molar-refractivity contribution < 1.29 is 9.53 Å². The number of piperidine rings is 1. The Balaban J connectivity index is 1.65. The fourth-order valence-electron chi connectivity index (χ4n) is 2.53. The minimum atomic E-state index is 0.254. The highest BCUT2D eigenvalue weighted by molar-refractivity contribution is 5.82. The second-order valence-electron chi connectivity index (χ2n) is 5.14. The van der Waals surface area contributed by atoms with Gasteiger partial charge in [-0.1, -0.05) is 25.1 Å². The molecule has 104 valence electrons. The van der Waals surface area contributed by atoms with E-state index >= 15 is 0 Å². The monoisotopic (exact) mass is 261 g/mol. The summed E-state index contributed by atoms with van der Waals surface area (Å²) in [4.78, 5) is 14.0. The molecular formula is C16H23NO2. The van der Waals surface area contributed by atoms with Gasteiger partial charge in [0.1, 0.15) is 11.5 Å². The summed E-state index contributed by atoms with van der Waals surface area (Å²) in [5.41, 5.74) is 0.